The highest BCUT2D eigenvalue weighted by Crippen LogP contribution is 2.37. The molecule has 0 spiro atoms. The van der Waals surface area contributed by atoms with Crippen LogP contribution in [0.4, 0.5) is 11.4 Å². The Bertz CT molecular complexity index is 680. The molecule has 3 rings (SSSR count). The normalized spacial score (nSPS) is 13.2. The number of benzene rings is 1. The molecule has 1 aromatic heterocycles. The van der Waals surface area contributed by atoms with Gasteiger partial charge in [-0.2, -0.15) is 0 Å². The molecule has 2 amide bonds. The molecule has 0 fully saturated rings. The Balaban J connectivity index is 1.93. The summed E-state index contributed by atoms with van der Waals surface area (Å²) in [6, 6.07) is 7.21. The molecule has 0 saturated carbocycles. The van der Waals surface area contributed by atoms with E-state index in [-0.39, 0.29) is 18.4 Å². The highest BCUT2D eigenvalue weighted by atomic mass is 32.1. The monoisotopic (exact) mass is 288 g/mol. The predicted octanol–water partition coefficient (Wildman–Crippen LogP) is 2.64. The number of aryl methyl sites for hydroxylation is 1. The number of amides is 2. The van der Waals surface area contributed by atoms with Gasteiger partial charge < -0.3 is 15.4 Å². The van der Waals surface area contributed by atoms with Crippen molar-refractivity contribution in [3.8, 4) is 5.75 Å². The molecule has 0 radical (unpaired) electrons. The molecule has 1 aliphatic heterocycles. The molecule has 2 N–H and O–H groups in total. The molecule has 2 aromatic rings. The third-order valence-electron chi connectivity index (χ3n) is 2.85. The zero-order valence-corrected chi connectivity index (χ0v) is 11.5. The second-order valence-corrected chi connectivity index (χ2v) is 5.41. The number of hydrogen-bond donors (Lipinski definition) is 2. The van der Waals surface area contributed by atoms with Crippen molar-refractivity contribution in [1.29, 1.82) is 0 Å². The fourth-order valence-corrected chi connectivity index (χ4v) is 2.65. The highest BCUT2D eigenvalue weighted by molar-refractivity contribution is 7.12. The molecule has 0 saturated heterocycles. The summed E-state index contributed by atoms with van der Waals surface area (Å²) in [6.45, 7) is 1.85. The van der Waals surface area contributed by atoms with Crippen molar-refractivity contribution in [2.45, 2.75) is 6.92 Å². The first-order valence-electron chi connectivity index (χ1n) is 6.05. The van der Waals surface area contributed by atoms with E-state index in [1.54, 1.807) is 6.07 Å². The van der Waals surface area contributed by atoms with E-state index in [4.69, 9.17) is 4.74 Å². The molecule has 102 valence electrons. The maximum atomic E-state index is 12.1. The first-order chi connectivity index (χ1) is 9.63. The molecule has 1 aliphatic rings. The predicted molar refractivity (Wildman–Crippen MR) is 77.6 cm³/mol. The van der Waals surface area contributed by atoms with E-state index in [1.807, 2.05) is 30.5 Å². The second kappa shape index (κ2) is 4.97. The summed E-state index contributed by atoms with van der Waals surface area (Å²) >= 11 is 1.37. The van der Waals surface area contributed by atoms with Crippen molar-refractivity contribution in [1.82, 2.24) is 0 Å². The summed E-state index contributed by atoms with van der Waals surface area (Å²) in [4.78, 5) is 24.1. The standard InChI is InChI=1S/C14H12N2O3S/c1-8-5-9-13(19-7-12(17)15-9)10(6-8)16-14(18)11-3-2-4-20-11/h2-6H,7H2,1H3,(H,15,17)(H,16,18). The Morgan fingerprint density at radius 2 is 2.30 bits per heavy atom. The average Bonchev–Trinajstić information content (AvgIpc) is 2.91. The highest BCUT2D eigenvalue weighted by Gasteiger charge is 2.21. The van der Waals surface area contributed by atoms with Crippen LogP contribution in [-0.2, 0) is 4.79 Å². The zero-order chi connectivity index (χ0) is 14.1. The molecule has 6 heteroatoms. The molecule has 0 atom stereocenters. The topological polar surface area (TPSA) is 67.4 Å². The van der Waals surface area contributed by atoms with Crippen molar-refractivity contribution >= 4 is 34.5 Å². The smallest absolute Gasteiger partial charge is 0.265 e. The largest absolute Gasteiger partial charge is 0.479 e. The van der Waals surface area contributed by atoms with Crippen LogP contribution in [0.3, 0.4) is 0 Å². The minimum atomic E-state index is -0.196. The summed E-state index contributed by atoms with van der Waals surface area (Å²) in [5.41, 5.74) is 2.08. The van der Waals surface area contributed by atoms with Gasteiger partial charge in [0.1, 0.15) is 0 Å². The molecule has 0 unspecified atom stereocenters. The van der Waals surface area contributed by atoms with Gasteiger partial charge in [-0.3, -0.25) is 9.59 Å². The van der Waals surface area contributed by atoms with E-state index in [9.17, 15) is 9.59 Å². The van der Waals surface area contributed by atoms with Gasteiger partial charge in [0.15, 0.2) is 12.4 Å². The number of ether oxygens (including phenoxy) is 1. The van der Waals surface area contributed by atoms with Crippen LogP contribution in [0.15, 0.2) is 29.6 Å². The van der Waals surface area contributed by atoms with Crippen molar-refractivity contribution in [3.63, 3.8) is 0 Å². The molecule has 20 heavy (non-hydrogen) atoms. The Morgan fingerprint density at radius 3 is 3.05 bits per heavy atom. The van der Waals surface area contributed by atoms with Crippen molar-refractivity contribution in [2.24, 2.45) is 0 Å². The van der Waals surface area contributed by atoms with Gasteiger partial charge >= 0.3 is 0 Å². The third-order valence-corrected chi connectivity index (χ3v) is 3.72. The Morgan fingerprint density at radius 1 is 1.45 bits per heavy atom. The van der Waals surface area contributed by atoms with Crippen LogP contribution < -0.4 is 15.4 Å². The van der Waals surface area contributed by atoms with Crippen LogP contribution >= 0.6 is 11.3 Å². The van der Waals surface area contributed by atoms with Gasteiger partial charge in [-0.15, -0.1) is 11.3 Å². The van der Waals surface area contributed by atoms with Crippen LogP contribution in [0.1, 0.15) is 15.2 Å². The molecule has 0 bridgehead atoms. The second-order valence-electron chi connectivity index (χ2n) is 4.46. The maximum Gasteiger partial charge on any atom is 0.265 e. The summed E-state index contributed by atoms with van der Waals surface area (Å²) < 4.78 is 5.42. The number of carbonyl (C=O) groups excluding carboxylic acids is 2. The number of thiophene rings is 1. The fraction of sp³-hybridized carbons (Fsp3) is 0.143. The fourth-order valence-electron chi connectivity index (χ4n) is 2.03. The van der Waals surface area contributed by atoms with E-state index in [1.165, 1.54) is 11.3 Å². The molecular weight excluding hydrogens is 276 g/mol. The van der Waals surface area contributed by atoms with Gasteiger partial charge in [-0.25, -0.2) is 0 Å². The Kier molecular flexibility index (Phi) is 3.15. The van der Waals surface area contributed by atoms with Gasteiger partial charge in [-0.1, -0.05) is 6.07 Å². The van der Waals surface area contributed by atoms with Crippen LogP contribution in [0.5, 0.6) is 5.75 Å². The number of nitrogens with one attached hydrogen (secondary N) is 2. The van der Waals surface area contributed by atoms with Gasteiger partial charge in [0, 0.05) is 0 Å². The number of carbonyl (C=O) groups is 2. The number of fused-ring (bicyclic) bond motifs is 1. The lowest BCUT2D eigenvalue weighted by Crippen LogP contribution is -2.26. The van der Waals surface area contributed by atoms with Crippen molar-refractivity contribution in [2.75, 3.05) is 17.2 Å². The van der Waals surface area contributed by atoms with Crippen molar-refractivity contribution < 1.29 is 14.3 Å². The Labute approximate surface area is 119 Å². The summed E-state index contributed by atoms with van der Waals surface area (Å²) in [5.74, 6) is 0.118. The van der Waals surface area contributed by atoms with Crippen LogP contribution in [-0.4, -0.2) is 18.4 Å². The maximum absolute atomic E-state index is 12.1. The van der Waals surface area contributed by atoms with E-state index in [2.05, 4.69) is 10.6 Å². The number of anilines is 2. The summed E-state index contributed by atoms with van der Waals surface area (Å²) in [6.07, 6.45) is 0. The van der Waals surface area contributed by atoms with Gasteiger partial charge in [-0.05, 0) is 36.1 Å². The SMILES string of the molecule is Cc1cc2c(c(NC(=O)c3cccs3)c1)OCC(=O)N2. The molecule has 0 aliphatic carbocycles. The molecule has 1 aromatic carbocycles. The average molecular weight is 288 g/mol. The number of hydrogen-bond acceptors (Lipinski definition) is 4. The van der Waals surface area contributed by atoms with Crippen LogP contribution in [0.25, 0.3) is 0 Å². The minimum Gasteiger partial charge on any atom is -0.479 e. The first kappa shape index (κ1) is 12.7. The summed E-state index contributed by atoms with van der Waals surface area (Å²) in [7, 11) is 0. The van der Waals surface area contributed by atoms with E-state index in [0.29, 0.717) is 22.0 Å². The van der Waals surface area contributed by atoms with E-state index < -0.39 is 0 Å². The molecule has 2 heterocycles. The quantitative estimate of drug-likeness (QED) is 0.892. The first-order valence-corrected chi connectivity index (χ1v) is 6.93. The van der Waals surface area contributed by atoms with Crippen LogP contribution in [0, 0.1) is 6.92 Å². The summed E-state index contributed by atoms with van der Waals surface area (Å²) in [5, 5.41) is 7.40. The minimum absolute atomic E-state index is 0.0437. The lowest BCUT2D eigenvalue weighted by Gasteiger charge is -2.21. The van der Waals surface area contributed by atoms with E-state index >= 15 is 0 Å². The zero-order valence-electron chi connectivity index (χ0n) is 10.7. The van der Waals surface area contributed by atoms with Gasteiger partial charge in [0.05, 0.1) is 16.3 Å². The van der Waals surface area contributed by atoms with E-state index in [0.717, 1.165) is 5.56 Å². The molecule has 5 nitrogen and oxygen atoms in total. The third kappa shape index (κ3) is 2.37. The number of rotatable bonds is 2. The molecular formula is C14H12N2O3S. The van der Waals surface area contributed by atoms with Gasteiger partial charge in [0.25, 0.3) is 11.8 Å². The van der Waals surface area contributed by atoms with Gasteiger partial charge in [0.2, 0.25) is 0 Å². The Hall–Kier alpha value is -2.34. The lowest BCUT2D eigenvalue weighted by atomic mass is 10.1. The lowest BCUT2D eigenvalue weighted by molar-refractivity contribution is -0.118. The van der Waals surface area contributed by atoms with Crippen molar-refractivity contribution in [3.05, 3.63) is 40.1 Å². The van der Waals surface area contributed by atoms with Crippen LogP contribution in [0.2, 0.25) is 0 Å².